The van der Waals surface area contributed by atoms with E-state index in [0.29, 0.717) is 5.92 Å². The summed E-state index contributed by atoms with van der Waals surface area (Å²) in [5.74, 6) is 0.593. The number of benzene rings is 1. The zero-order valence-corrected chi connectivity index (χ0v) is 9.45. The first-order chi connectivity index (χ1) is 7.29. The van der Waals surface area contributed by atoms with Gasteiger partial charge in [0.05, 0.1) is 6.10 Å². The highest BCUT2D eigenvalue weighted by atomic mass is 16.3. The van der Waals surface area contributed by atoms with Crippen molar-refractivity contribution in [3.63, 3.8) is 0 Å². The van der Waals surface area contributed by atoms with Crippen molar-refractivity contribution in [2.45, 2.75) is 51.0 Å². The number of aryl methyl sites for hydroxylation is 1. The first-order valence-electron chi connectivity index (χ1n) is 6.06. The van der Waals surface area contributed by atoms with Crippen LogP contribution in [0.2, 0.25) is 0 Å². The summed E-state index contributed by atoms with van der Waals surface area (Å²) in [6.07, 6.45) is 5.39. The van der Waals surface area contributed by atoms with Gasteiger partial charge in [-0.05, 0) is 42.7 Å². The van der Waals surface area contributed by atoms with Crippen LogP contribution in [0.15, 0.2) is 24.3 Å². The normalized spacial score (nSPS) is 25.7. The van der Waals surface area contributed by atoms with E-state index >= 15 is 0 Å². The molecule has 0 heterocycles. The predicted molar refractivity (Wildman–Crippen MR) is 63.0 cm³/mol. The van der Waals surface area contributed by atoms with Crippen molar-refractivity contribution < 1.29 is 5.11 Å². The molecule has 1 heteroatoms. The molecular weight excluding hydrogens is 184 g/mol. The molecule has 2 rings (SSSR count). The summed E-state index contributed by atoms with van der Waals surface area (Å²) in [5.41, 5.74) is 2.84. The highest BCUT2D eigenvalue weighted by molar-refractivity contribution is 5.26. The summed E-state index contributed by atoms with van der Waals surface area (Å²) >= 11 is 0. The van der Waals surface area contributed by atoms with Gasteiger partial charge in [-0.1, -0.05) is 37.6 Å². The SMILES string of the molecule is CCCc1ccc(C2CCC(O)C2)cc1. The number of aliphatic hydroxyl groups excluding tert-OH is 1. The Morgan fingerprint density at radius 1 is 1.20 bits per heavy atom. The lowest BCUT2D eigenvalue weighted by atomic mass is 9.96. The summed E-state index contributed by atoms with van der Waals surface area (Å²) in [6, 6.07) is 8.97. The molecule has 0 aromatic heterocycles. The number of hydrogen-bond acceptors (Lipinski definition) is 1. The molecule has 1 aromatic carbocycles. The second kappa shape index (κ2) is 4.80. The monoisotopic (exact) mass is 204 g/mol. The molecule has 0 spiro atoms. The highest BCUT2D eigenvalue weighted by Crippen LogP contribution is 2.34. The van der Waals surface area contributed by atoms with E-state index in [4.69, 9.17) is 0 Å². The molecule has 2 atom stereocenters. The van der Waals surface area contributed by atoms with Crippen molar-refractivity contribution >= 4 is 0 Å². The summed E-state index contributed by atoms with van der Waals surface area (Å²) in [6.45, 7) is 2.21. The fourth-order valence-electron chi connectivity index (χ4n) is 2.51. The van der Waals surface area contributed by atoms with Gasteiger partial charge in [0.2, 0.25) is 0 Å². The average Bonchev–Trinajstić information content (AvgIpc) is 2.67. The Bertz CT molecular complexity index is 302. The Labute approximate surface area is 92.1 Å². The van der Waals surface area contributed by atoms with E-state index in [0.717, 1.165) is 19.3 Å². The third-order valence-electron chi connectivity index (χ3n) is 3.39. The molecule has 1 saturated carbocycles. The van der Waals surface area contributed by atoms with E-state index in [1.54, 1.807) is 0 Å². The van der Waals surface area contributed by atoms with Crippen LogP contribution < -0.4 is 0 Å². The van der Waals surface area contributed by atoms with Crippen LogP contribution in [0, 0.1) is 0 Å². The van der Waals surface area contributed by atoms with Crippen LogP contribution in [-0.4, -0.2) is 11.2 Å². The largest absolute Gasteiger partial charge is 0.393 e. The Hall–Kier alpha value is -0.820. The lowest BCUT2D eigenvalue weighted by Crippen LogP contribution is -1.99. The minimum absolute atomic E-state index is 0.0645. The van der Waals surface area contributed by atoms with Gasteiger partial charge < -0.3 is 5.11 Å². The van der Waals surface area contributed by atoms with Gasteiger partial charge in [-0.2, -0.15) is 0 Å². The van der Waals surface area contributed by atoms with Crippen LogP contribution in [0.1, 0.15) is 49.7 Å². The van der Waals surface area contributed by atoms with Crippen LogP contribution in [-0.2, 0) is 6.42 Å². The number of rotatable bonds is 3. The summed E-state index contributed by atoms with van der Waals surface area (Å²) in [4.78, 5) is 0. The molecule has 2 unspecified atom stereocenters. The molecule has 1 aliphatic rings. The number of aliphatic hydroxyl groups is 1. The fraction of sp³-hybridized carbons (Fsp3) is 0.571. The maximum atomic E-state index is 9.50. The molecule has 1 nitrogen and oxygen atoms in total. The fourth-order valence-corrected chi connectivity index (χ4v) is 2.51. The highest BCUT2D eigenvalue weighted by Gasteiger charge is 2.23. The average molecular weight is 204 g/mol. The topological polar surface area (TPSA) is 20.2 Å². The maximum Gasteiger partial charge on any atom is 0.0546 e. The van der Waals surface area contributed by atoms with Crippen molar-refractivity contribution in [3.8, 4) is 0 Å². The Kier molecular flexibility index (Phi) is 3.42. The van der Waals surface area contributed by atoms with Crippen LogP contribution >= 0.6 is 0 Å². The van der Waals surface area contributed by atoms with Gasteiger partial charge in [-0.3, -0.25) is 0 Å². The van der Waals surface area contributed by atoms with Crippen molar-refractivity contribution in [2.24, 2.45) is 0 Å². The molecule has 1 N–H and O–H groups in total. The molecule has 15 heavy (non-hydrogen) atoms. The van der Waals surface area contributed by atoms with Crippen molar-refractivity contribution in [1.29, 1.82) is 0 Å². The minimum Gasteiger partial charge on any atom is -0.393 e. The van der Waals surface area contributed by atoms with Crippen LogP contribution in [0.5, 0.6) is 0 Å². The Morgan fingerprint density at radius 2 is 1.93 bits per heavy atom. The third kappa shape index (κ3) is 2.60. The quantitative estimate of drug-likeness (QED) is 0.801. The smallest absolute Gasteiger partial charge is 0.0546 e. The van der Waals surface area contributed by atoms with Crippen LogP contribution in [0.3, 0.4) is 0 Å². The number of hydrogen-bond donors (Lipinski definition) is 1. The van der Waals surface area contributed by atoms with Gasteiger partial charge in [-0.25, -0.2) is 0 Å². The first-order valence-corrected chi connectivity index (χ1v) is 6.06. The van der Waals surface area contributed by atoms with Gasteiger partial charge in [0, 0.05) is 0 Å². The Morgan fingerprint density at radius 3 is 2.47 bits per heavy atom. The van der Waals surface area contributed by atoms with Crippen LogP contribution in [0.4, 0.5) is 0 Å². The van der Waals surface area contributed by atoms with Gasteiger partial charge in [-0.15, -0.1) is 0 Å². The molecule has 1 aromatic rings. The van der Waals surface area contributed by atoms with E-state index in [-0.39, 0.29) is 6.10 Å². The zero-order chi connectivity index (χ0) is 10.7. The van der Waals surface area contributed by atoms with Crippen LogP contribution in [0.25, 0.3) is 0 Å². The predicted octanol–water partition coefficient (Wildman–Crippen LogP) is 3.27. The lowest BCUT2D eigenvalue weighted by Gasteiger charge is -2.10. The van der Waals surface area contributed by atoms with Crippen molar-refractivity contribution in [3.05, 3.63) is 35.4 Å². The first kappa shape index (κ1) is 10.7. The molecule has 1 aliphatic carbocycles. The van der Waals surface area contributed by atoms with Gasteiger partial charge in [0.25, 0.3) is 0 Å². The van der Waals surface area contributed by atoms with E-state index in [1.807, 2.05) is 0 Å². The second-order valence-electron chi connectivity index (χ2n) is 4.66. The van der Waals surface area contributed by atoms with Gasteiger partial charge >= 0.3 is 0 Å². The van der Waals surface area contributed by atoms with E-state index in [9.17, 15) is 5.11 Å². The molecule has 82 valence electrons. The van der Waals surface area contributed by atoms with Crippen molar-refractivity contribution in [2.75, 3.05) is 0 Å². The van der Waals surface area contributed by atoms with E-state index in [1.165, 1.54) is 24.0 Å². The standard InChI is InChI=1S/C14H20O/c1-2-3-11-4-6-12(7-5-11)13-8-9-14(15)10-13/h4-7,13-15H,2-3,8-10H2,1H3. The van der Waals surface area contributed by atoms with E-state index < -0.39 is 0 Å². The summed E-state index contributed by atoms with van der Waals surface area (Å²) < 4.78 is 0. The minimum atomic E-state index is -0.0645. The molecule has 0 aliphatic heterocycles. The third-order valence-corrected chi connectivity index (χ3v) is 3.39. The zero-order valence-electron chi connectivity index (χ0n) is 9.45. The maximum absolute atomic E-state index is 9.50. The Balaban J connectivity index is 2.03. The molecule has 0 amide bonds. The summed E-state index contributed by atoms with van der Waals surface area (Å²) in [5, 5.41) is 9.50. The lowest BCUT2D eigenvalue weighted by molar-refractivity contribution is 0.181. The van der Waals surface area contributed by atoms with Gasteiger partial charge in [0.15, 0.2) is 0 Å². The molecular formula is C14H20O. The molecule has 0 saturated heterocycles. The van der Waals surface area contributed by atoms with Gasteiger partial charge in [0.1, 0.15) is 0 Å². The summed E-state index contributed by atoms with van der Waals surface area (Å²) in [7, 11) is 0. The molecule has 0 radical (unpaired) electrons. The van der Waals surface area contributed by atoms with Crippen molar-refractivity contribution in [1.82, 2.24) is 0 Å². The molecule has 0 bridgehead atoms. The second-order valence-corrected chi connectivity index (χ2v) is 4.66. The molecule has 1 fully saturated rings. The van der Waals surface area contributed by atoms with E-state index in [2.05, 4.69) is 31.2 Å².